The molecule has 1 fully saturated rings. The zero-order valence-corrected chi connectivity index (χ0v) is 15.3. The van der Waals surface area contributed by atoms with E-state index < -0.39 is 0 Å². The highest BCUT2D eigenvalue weighted by molar-refractivity contribution is 5.53. The highest BCUT2D eigenvalue weighted by Crippen LogP contribution is 2.20. The average molecular weight is 381 g/mol. The third-order valence-corrected chi connectivity index (χ3v) is 4.86. The minimum absolute atomic E-state index is 0.243. The molecule has 1 aliphatic rings. The van der Waals surface area contributed by atoms with Gasteiger partial charge in [0.2, 0.25) is 17.7 Å². The lowest BCUT2D eigenvalue weighted by Gasteiger charge is -2.34. The van der Waals surface area contributed by atoms with Crippen molar-refractivity contribution in [3.8, 4) is 11.6 Å². The number of aryl methyl sites for hydroxylation is 1. The summed E-state index contributed by atoms with van der Waals surface area (Å²) in [5.74, 6) is 3.05. The van der Waals surface area contributed by atoms with Crippen LogP contribution in [0, 0.1) is 6.92 Å². The lowest BCUT2D eigenvalue weighted by atomic mass is 10.2. The van der Waals surface area contributed by atoms with E-state index in [1.165, 1.54) is 4.52 Å². The summed E-state index contributed by atoms with van der Waals surface area (Å²) in [5.41, 5.74) is 7.20. The molecule has 5 rings (SSSR count). The van der Waals surface area contributed by atoms with Crippen LogP contribution in [-0.4, -0.2) is 60.8 Å². The zero-order valence-electron chi connectivity index (χ0n) is 15.3. The SMILES string of the molecule is Cc1oncc1CN1CCN(c2nc(N)n3nc(-c4ccco4)nc3n2)CC1. The molecular weight excluding hydrogens is 362 g/mol. The molecule has 2 N–H and O–H groups in total. The number of aromatic nitrogens is 6. The summed E-state index contributed by atoms with van der Waals surface area (Å²) in [6, 6.07) is 3.57. The Morgan fingerprint density at radius 3 is 2.71 bits per heavy atom. The van der Waals surface area contributed by atoms with Crippen molar-refractivity contribution in [2.45, 2.75) is 13.5 Å². The van der Waals surface area contributed by atoms with Crippen molar-refractivity contribution in [1.29, 1.82) is 0 Å². The van der Waals surface area contributed by atoms with Crippen molar-refractivity contribution in [3.63, 3.8) is 0 Å². The van der Waals surface area contributed by atoms with Gasteiger partial charge in [-0.25, -0.2) is 0 Å². The Balaban J connectivity index is 1.33. The third-order valence-electron chi connectivity index (χ3n) is 4.86. The minimum atomic E-state index is 0.243. The minimum Gasteiger partial charge on any atom is -0.461 e. The Labute approximate surface area is 159 Å². The number of piperazine rings is 1. The number of fused-ring (bicyclic) bond motifs is 1. The molecule has 4 aromatic heterocycles. The fraction of sp³-hybridized carbons (Fsp3) is 0.353. The first-order valence-electron chi connectivity index (χ1n) is 8.99. The Morgan fingerprint density at radius 2 is 2.00 bits per heavy atom. The van der Waals surface area contributed by atoms with Crippen molar-refractivity contribution in [3.05, 3.63) is 35.9 Å². The summed E-state index contributed by atoms with van der Waals surface area (Å²) in [5, 5.41) is 8.16. The Bertz CT molecular complexity index is 1090. The molecule has 0 atom stereocenters. The molecule has 1 aliphatic heterocycles. The van der Waals surface area contributed by atoms with E-state index in [1.54, 1.807) is 24.6 Å². The van der Waals surface area contributed by atoms with Gasteiger partial charge in [0.15, 0.2) is 5.76 Å². The topological polar surface area (TPSA) is 128 Å². The average Bonchev–Trinajstić information content (AvgIpc) is 3.43. The van der Waals surface area contributed by atoms with Gasteiger partial charge in [0.05, 0.1) is 12.5 Å². The molecule has 0 aromatic carbocycles. The molecule has 11 nitrogen and oxygen atoms in total. The number of hydrogen-bond acceptors (Lipinski definition) is 10. The van der Waals surface area contributed by atoms with Crippen molar-refractivity contribution in [1.82, 2.24) is 34.6 Å². The van der Waals surface area contributed by atoms with Crippen LogP contribution < -0.4 is 10.6 Å². The van der Waals surface area contributed by atoms with E-state index in [0.717, 1.165) is 44.0 Å². The summed E-state index contributed by atoms with van der Waals surface area (Å²) in [6.07, 6.45) is 3.35. The van der Waals surface area contributed by atoms with Gasteiger partial charge in [-0.3, -0.25) is 4.90 Å². The summed E-state index contributed by atoms with van der Waals surface area (Å²) in [7, 11) is 0. The molecule has 5 heterocycles. The third kappa shape index (κ3) is 2.95. The van der Waals surface area contributed by atoms with Gasteiger partial charge in [0.25, 0.3) is 5.78 Å². The fourth-order valence-electron chi connectivity index (χ4n) is 3.26. The lowest BCUT2D eigenvalue weighted by molar-refractivity contribution is 0.247. The summed E-state index contributed by atoms with van der Waals surface area (Å²) >= 11 is 0. The molecule has 0 saturated carbocycles. The first kappa shape index (κ1) is 16.7. The molecule has 4 aromatic rings. The van der Waals surface area contributed by atoms with Gasteiger partial charge in [-0.1, -0.05) is 5.16 Å². The van der Waals surface area contributed by atoms with Crippen LogP contribution in [0.3, 0.4) is 0 Å². The smallest absolute Gasteiger partial charge is 0.259 e. The second-order valence-electron chi connectivity index (χ2n) is 6.68. The number of nitrogen functional groups attached to an aromatic ring is 1. The molecule has 0 amide bonds. The Kier molecular flexibility index (Phi) is 3.93. The number of hydrogen-bond donors (Lipinski definition) is 1. The maximum absolute atomic E-state index is 6.09. The summed E-state index contributed by atoms with van der Waals surface area (Å²) < 4.78 is 11.9. The molecular formula is C17H19N9O2. The van der Waals surface area contributed by atoms with Crippen molar-refractivity contribution < 1.29 is 8.94 Å². The van der Waals surface area contributed by atoms with E-state index in [-0.39, 0.29) is 5.95 Å². The molecule has 0 unspecified atom stereocenters. The predicted molar refractivity (Wildman–Crippen MR) is 99.4 cm³/mol. The van der Waals surface area contributed by atoms with E-state index in [9.17, 15) is 0 Å². The number of rotatable bonds is 4. The van der Waals surface area contributed by atoms with E-state index in [1.807, 2.05) is 6.92 Å². The number of nitrogens with two attached hydrogens (primary N) is 1. The Morgan fingerprint density at radius 1 is 1.14 bits per heavy atom. The molecule has 0 spiro atoms. The van der Waals surface area contributed by atoms with Crippen LogP contribution in [0.1, 0.15) is 11.3 Å². The first-order chi connectivity index (χ1) is 13.7. The maximum atomic E-state index is 6.09. The van der Waals surface area contributed by atoms with Crippen molar-refractivity contribution >= 4 is 17.7 Å². The predicted octanol–water partition coefficient (Wildman–Crippen LogP) is 0.980. The standard InChI is InChI=1S/C17H19N9O2/c1-11-12(9-19-28-11)10-24-4-6-25(7-5-24)16-21-15(18)26-17(22-16)20-14(23-26)13-3-2-8-27-13/h2-3,8-9H,4-7,10H2,1H3,(H2,18,20,21,22,23). The van der Waals surface area contributed by atoms with E-state index >= 15 is 0 Å². The van der Waals surface area contributed by atoms with Crippen LogP contribution in [0.5, 0.6) is 0 Å². The van der Waals surface area contributed by atoms with E-state index in [4.69, 9.17) is 14.7 Å². The quantitative estimate of drug-likeness (QED) is 0.546. The monoisotopic (exact) mass is 381 g/mol. The fourth-order valence-corrected chi connectivity index (χ4v) is 3.26. The van der Waals surface area contributed by atoms with E-state index in [0.29, 0.717) is 23.3 Å². The number of anilines is 2. The van der Waals surface area contributed by atoms with Gasteiger partial charge in [0.1, 0.15) is 5.76 Å². The number of furan rings is 1. The van der Waals surface area contributed by atoms with Gasteiger partial charge in [-0.05, 0) is 19.1 Å². The second-order valence-corrected chi connectivity index (χ2v) is 6.68. The molecule has 0 aliphatic carbocycles. The van der Waals surface area contributed by atoms with Crippen molar-refractivity contribution in [2.75, 3.05) is 36.8 Å². The molecule has 28 heavy (non-hydrogen) atoms. The molecule has 1 saturated heterocycles. The Hall–Kier alpha value is -3.47. The van der Waals surface area contributed by atoms with Crippen LogP contribution in [0.15, 0.2) is 33.5 Å². The lowest BCUT2D eigenvalue weighted by Crippen LogP contribution is -2.46. The zero-order chi connectivity index (χ0) is 19.1. The summed E-state index contributed by atoms with van der Waals surface area (Å²) in [4.78, 5) is 17.8. The molecule has 0 bridgehead atoms. The van der Waals surface area contributed by atoms with Crippen molar-refractivity contribution in [2.24, 2.45) is 0 Å². The van der Waals surface area contributed by atoms with Gasteiger partial charge in [-0.2, -0.15) is 19.5 Å². The van der Waals surface area contributed by atoms with Crippen LogP contribution in [0.25, 0.3) is 17.4 Å². The highest BCUT2D eigenvalue weighted by Gasteiger charge is 2.22. The first-order valence-corrected chi connectivity index (χ1v) is 8.99. The van der Waals surface area contributed by atoms with Gasteiger partial charge >= 0.3 is 0 Å². The van der Waals surface area contributed by atoms with Crippen LogP contribution in [0.4, 0.5) is 11.9 Å². The van der Waals surface area contributed by atoms with Crippen LogP contribution in [-0.2, 0) is 6.54 Å². The maximum Gasteiger partial charge on any atom is 0.259 e. The molecule has 0 radical (unpaired) electrons. The number of nitrogens with zero attached hydrogens (tertiary/aromatic N) is 8. The van der Waals surface area contributed by atoms with Crippen LogP contribution >= 0.6 is 0 Å². The summed E-state index contributed by atoms with van der Waals surface area (Å²) in [6.45, 7) is 6.09. The molecule has 11 heteroatoms. The van der Waals surface area contributed by atoms with Crippen LogP contribution in [0.2, 0.25) is 0 Å². The molecule has 144 valence electrons. The van der Waals surface area contributed by atoms with Gasteiger partial charge in [-0.15, -0.1) is 5.10 Å². The largest absolute Gasteiger partial charge is 0.461 e. The van der Waals surface area contributed by atoms with E-state index in [2.05, 4.69) is 35.0 Å². The normalized spacial score (nSPS) is 15.5. The van der Waals surface area contributed by atoms with Gasteiger partial charge < -0.3 is 19.6 Å². The second kappa shape index (κ2) is 6.60. The van der Waals surface area contributed by atoms with Gasteiger partial charge in [0, 0.05) is 38.3 Å². The highest BCUT2D eigenvalue weighted by atomic mass is 16.5.